The first-order valence-electron chi connectivity index (χ1n) is 4.20. The van der Waals surface area contributed by atoms with Gasteiger partial charge in [0.05, 0.1) is 0 Å². The first-order chi connectivity index (χ1) is 5.66. The molecule has 0 unspecified atom stereocenters. The Kier molecular flexibility index (Phi) is 3.15. The van der Waals surface area contributed by atoms with Crippen molar-refractivity contribution in [2.75, 3.05) is 5.73 Å². The maximum Gasteiger partial charge on any atom is 0.0493 e. The van der Waals surface area contributed by atoms with Crippen LogP contribution in [0.2, 0.25) is 0 Å². The molecule has 0 aromatic heterocycles. The topological polar surface area (TPSA) is 26.0 Å². The summed E-state index contributed by atoms with van der Waals surface area (Å²) in [4.78, 5) is 0. The number of rotatable bonds is 2. The van der Waals surface area contributed by atoms with Gasteiger partial charge >= 0.3 is 0 Å². The highest BCUT2D eigenvalue weighted by atomic mass is 79.9. The number of nitrogen functional groups attached to an aromatic ring is 1. The average Bonchev–Trinajstić information content (AvgIpc) is 2.08. The van der Waals surface area contributed by atoms with Crippen molar-refractivity contribution in [3.63, 3.8) is 0 Å². The van der Waals surface area contributed by atoms with E-state index in [9.17, 15) is 0 Å². The molecule has 1 nitrogen and oxygen atoms in total. The minimum absolute atomic E-state index is 0.544. The number of halogens is 1. The average molecular weight is 228 g/mol. The van der Waals surface area contributed by atoms with Gasteiger partial charge in [0.1, 0.15) is 0 Å². The van der Waals surface area contributed by atoms with E-state index in [1.165, 1.54) is 5.56 Å². The lowest BCUT2D eigenvalue weighted by molar-refractivity contribution is 0.735. The second-order valence-electron chi connectivity index (χ2n) is 3.05. The van der Waals surface area contributed by atoms with E-state index < -0.39 is 0 Å². The summed E-state index contributed by atoms with van der Waals surface area (Å²) in [6.45, 7) is 4.36. The van der Waals surface area contributed by atoms with Crippen LogP contribution in [0.15, 0.2) is 22.7 Å². The number of benzene rings is 1. The first-order valence-corrected chi connectivity index (χ1v) is 5.00. The maximum absolute atomic E-state index is 5.91. The summed E-state index contributed by atoms with van der Waals surface area (Å²) in [6.07, 6.45) is 1.13. The summed E-state index contributed by atoms with van der Waals surface area (Å²) in [7, 11) is 0. The molecule has 0 amide bonds. The smallest absolute Gasteiger partial charge is 0.0493 e. The number of anilines is 1. The lowest BCUT2D eigenvalue weighted by Crippen LogP contribution is -1.98. The van der Waals surface area contributed by atoms with Gasteiger partial charge in [-0.1, -0.05) is 26.0 Å². The Morgan fingerprint density at radius 2 is 2.17 bits per heavy atom. The Bertz CT molecular complexity index is 271. The normalized spacial score (nSPS) is 12.9. The van der Waals surface area contributed by atoms with E-state index in [0.717, 1.165) is 16.6 Å². The van der Waals surface area contributed by atoms with Gasteiger partial charge in [-0.3, -0.25) is 0 Å². The summed E-state index contributed by atoms with van der Waals surface area (Å²) < 4.78 is 1.00. The second kappa shape index (κ2) is 3.94. The number of nitrogens with two attached hydrogens (primary N) is 1. The van der Waals surface area contributed by atoms with Gasteiger partial charge in [0, 0.05) is 10.2 Å². The Labute approximate surface area is 82.1 Å². The molecule has 0 aliphatic rings. The fourth-order valence-electron chi connectivity index (χ4n) is 1.20. The van der Waals surface area contributed by atoms with Crippen molar-refractivity contribution in [3.05, 3.63) is 28.2 Å². The third kappa shape index (κ3) is 1.81. The summed E-state index contributed by atoms with van der Waals surface area (Å²) in [5, 5.41) is 0. The van der Waals surface area contributed by atoms with Gasteiger partial charge in [-0.15, -0.1) is 0 Å². The Morgan fingerprint density at radius 3 is 2.75 bits per heavy atom. The molecule has 0 heterocycles. The van der Waals surface area contributed by atoms with Crippen LogP contribution in [0.1, 0.15) is 31.7 Å². The van der Waals surface area contributed by atoms with Crippen molar-refractivity contribution < 1.29 is 0 Å². The molecule has 12 heavy (non-hydrogen) atoms. The van der Waals surface area contributed by atoms with Crippen molar-refractivity contribution in [2.45, 2.75) is 26.2 Å². The predicted molar refractivity (Wildman–Crippen MR) is 57.3 cm³/mol. The quantitative estimate of drug-likeness (QED) is 0.769. The standard InChI is InChI=1S/C10H14BrN/c1-3-7(2)8-5-4-6-9(11)10(8)12/h4-7H,3,12H2,1-2H3/t7-/m1/s1. The van der Waals surface area contributed by atoms with Crippen LogP contribution in [-0.2, 0) is 0 Å². The molecule has 0 bridgehead atoms. The van der Waals surface area contributed by atoms with Crippen LogP contribution in [-0.4, -0.2) is 0 Å². The van der Waals surface area contributed by atoms with Gasteiger partial charge in [-0.05, 0) is 39.9 Å². The largest absolute Gasteiger partial charge is 0.398 e. The van der Waals surface area contributed by atoms with E-state index in [1.54, 1.807) is 0 Å². The predicted octanol–water partition coefficient (Wildman–Crippen LogP) is 3.54. The van der Waals surface area contributed by atoms with E-state index in [2.05, 4.69) is 35.8 Å². The van der Waals surface area contributed by atoms with Crippen LogP contribution in [0.3, 0.4) is 0 Å². The zero-order valence-electron chi connectivity index (χ0n) is 7.47. The SMILES string of the molecule is CC[C@@H](C)c1cccc(Br)c1N. The van der Waals surface area contributed by atoms with Gasteiger partial charge in [0.25, 0.3) is 0 Å². The fraction of sp³-hybridized carbons (Fsp3) is 0.400. The van der Waals surface area contributed by atoms with Crippen LogP contribution in [0, 0.1) is 0 Å². The van der Waals surface area contributed by atoms with E-state index in [-0.39, 0.29) is 0 Å². The maximum atomic E-state index is 5.91. The number of hydrogen-bond acceptors (Lipinski definition) is 1. The number of hydrogen-bond donors (Lipinski definition) is 1. The van der Waals surface area contributed by atoms with Gasteiger partial charge in [0.2, 0.25) is 0 Å². The van der Waals surface area contributed by atoms with Gasteiger partial charge in [-0.25, -0.2) is 0 Å². The minimum Gasteiger partial charge on any atom is -0.398 e. The molecule has 0 saturated carbocycles. The number of para-hydroxylation sites is 1. The summed E-state index contributed by atoms with van der Waals surface area (Å²) in [6, 6.07) is 6.09. The third-order valence-corrected chi connectivity index (χ3v) is 2.92. The monoisotopic (exact) mass is 227 g/mol. The third-order valence-electron chi connectivity index (χ3n) is 2.23. The molecule has 2 heteroatoms. The molecule has 2 N–H and O–H groups in total. The Morgan fingerprint density at radius 1 is 1.50 bits per heavy atom. The molecule has 0 spiro atoms. The molecule has 1 aromatic rings. The van der Waals surface area contributed by atoms with Crippen molar-refractivity contribution in [3.8, 4) is 0 Å². The second-order valence-corrected chi connectivity index (χ2v) is 3.91. The molecular weight excluding hydrogens is 214 g/mol. The van der Waals surface area contributed by atoms with Crippen LogP contribution in [0.25, 0.3) is 0 Å². The highest BCUT2D eigenvalue weighted by molar-refractivity contribution is 9.10. The van der Waals surface area contributed by atoms with E-state index >= 15 is 0 Å². The van der Waals surface area contributed by atoms with Crippen LogP contribution < -0.4 is 5.73 Å². The van der Waals surface area contributed by atoms with Gasteiger partial charge in [0.15, 0.2) is 0 Å². The lowest BCUT2D eigenvalue weighted by Gasteiger charge is -2.12. The zero-order valence-corrected chi connectivity index (χ0v) is 9.06. The van der Waals surface area contributed by atoms with Crippen LogP contribution in [0.5, 0.6) is 0 Å². The molecule has 1 aromatic carbocycles. The van der Waals surface area contributed by atoms with E-state index in [0.29, 0.717) is 5.92 Å². The molecule has 1 rings (SSSR count). The summed E-state index contributed by atoms with van der Waals surface area (Å²) >= 11 is 3.42. The molecule has 0 radical (unpaired) electrons. The zero-order chi connectivity index (χ0) is 9.14. The molecular formula is C10H14BrN. The molecule has 0 fully saturated rings. The highest BCUT2D eigenvalue weighted by Crippen LogP contribution is 2.30. The molecule has 0 aliphatic carbocycles. The molecule has 0 saturated heterocycles. The Balaban J connectivity index is 3.07. The Hall–Kier alpha value is -0.500. The highest BCUT2D eigenvalue weighted by Gasteiger charge is 2.07. The van der Waals surface area contributed by atoms with E-state index in [4.69, 9.17) is 5.73 Å². The molecule has 66 valence electrons. The van der Waals surface area contributed by atoms with Crippen molar-refractivity contribution in [2.24, 2.45) is 0 Å². The lowest BCUT2D eigenvalue weighted by atomic mass is 9.97. The van der Waals surface area contributed by atoms with Crippen molar-refractivity contribution in [1.82, 2.24) is 0 Å². The van der Waals surface area contributed by atoms with Crippen molar-refractivity contribution in [1.29, 1.82) is 0 Å². The van der Waals surface area contributed by atoms with Gasteiger partial charge in [-0.2, -0.15) is 0 Å². The van der Waals surface area contributed by atoms with Crippen molar-refractivity contribution >= 4 is 21.6 Å². The molecule has 0 aliphatic heterocycles. The van der Waals surface area contributed by atoms with Crippen LogP contribution >= 0.6 is 15.9 Å². The minimum atomic E-state index is 0.544. The van der Waals surface area contributed by atoms with Crippen LogP contribution in [0.4, 0.5) is 5.69 Å². The molecule has 1 atom stereocenters. The van der Waals surface area contributed by atoms with Gasteiger partial charge < -0.3 is 5.73 Å². The summed E-state index contributed by atoms with van der Waals surface area (Å²) in [5.41, 5.74) is 8.04. The first kappa shape index (κ1) is 9.59. The fourth-order valence-corrected chi connectivity index (χ4v) is 1.58. The van der Waals surface area contributed by atoms with E-state index in [1.807, 2.05) is 12.1 Å². The summed E-state index contributed by atoms with van der Waals surface area (Å²) in [5.74, 6) is 0.544.